The van der Waals surface area contributed by atoms with Crippen molar-refractivity contribution in [2.24, 2.45) is 5.92 Å². The molecular weight excluding hydrogens is 240 g/mol. The third-order valence-electron chi connectivity index (χ3n) is 3.24. The van der Waals surface area contributed by atoms with Gasteiger partial charge in [0.2, 0.25) is 11.8 Å². The Morgan fingerprint density at radius 3 is 2.59 bits per heavy atom. The van der Waals surface area contributed by atoms with Gasteiger partial charge in [-0.3, -0.25) is 9.59 Å². The fraction of sp³-hybridized carbons (Fsp3) is 0.833. The average Bonchev–Trinajstić information content (AvgIpc) is 2.72. The first-order chi connectivity index (χ1) is 7.95. The lowest BCUT2D eigenvalue weighted by Gasteiger charge is -2.28. The van der Waals surface area contributed by atoms with Gasteiger partial charge < -0.3 is 9.80 Å². The van der Waals surface area contributed by atoms with E-state index < -0.39 is 0 Å². The lowest BCUT2D eigenvalue weighted by atomic mass is 10.1. The normalized spacial score (nSPS) is 19.8. The minimum absolute atomic E-state index is 0.00640. The van der Waals surface area contributed by atoms with E-state index in [2.05, 4.69) is 0 Å². The second-order valence-electron chi connectivity index (χ2n) is 4.89. The maximum atomic E-state index is 11.5. The van der Waals surface area contributed by atoms with Crippen LogP contribution in [0.3, 0.4) is 0 Å². The average molecular weight is 261 g/mol. The van der Waals surface area contributed by atoms with Gasteiger partial charge in [-0.15, -0.1) is 11.6 Å². The van der Waals surface area contributed by atoms with Gasteiger partial charge in [0.05, 0.1) is 0 Å². The maximum Gasteiger partial charge on any atom is 0.237 e. The number of alkyl halides is 1. The number of hydrogen-bond acceptors (Lipinski definition) is 2. The number of carbonyl (C=O) groups excluding carboxylic acids is 2. The molecule has 0 aliphatic carbocycles. The highest BCUT2D eigenvalue weighted by Gasteiger charge is 2.28. The van der Waals surface area contributed by atoms with E-state index in [4.69, 9.17) is 11.6 Å². The zero-order valence-electron chi connectivity index (χ0n) is 10.8. The summed E-state index contributed by atoms with van der Waals surface area (Å²) < 4.78 is 0. The molecule has 0 bridgehead atoms. The summed E-state index contributed by atoms with van der Waals surface area (Å²) in [5.74, 6) is 0.525. The van der Waals surface area contributed by atoms with Crippen LogP contribution in [-0.2, 0) is 9.59 Å². The highest BCUT2D eigenvalue weighted by atomic mass is 35.5. The Morgan fingerprint density at radius 2 is 2.12 bits per heavy atom. The quantitative estimate of drug-likeness (QED) is 0.716. The van der Waals surface area contributed by atoms with Crippen LogP contribution in [0.5, 0.6) is 0 Å². The SMILES string of the molecule is CC(=O)N(CC1CCN(C(=O)CCl)C1)C(C)C. The Kier molecular flexibility index (Phi) is 5.25. The smallest absolute Gasteiger partial charge is 0.237 e. The Morgan fingerprint density at radius 1 is 1.47 bits per heavy atom. The monoisotopic (exact) mass is 260 g/mol. The van der Waals surface area contributed by atoms with E-state index in [1.54, 1.807) is 11.8 Å². The molecule has 1 saturated heterocycles. The van der Waals surface area contributed by atoms with Gasteiger partial charge in [0.1, 0.15) is 5.88 Å². The number of rotatable bonds is 4. The molecule has 0 saturated carbocycles. The molecule has 0 radical (unpaired) electrons. The number of nitrogens with zero attached hydrogens (tertiary/aromatic N) is 2. The largest absolute Gasteiger partial charge is 0.341 e. The molecule has 0 aromatic carbocycles. The summed E-state index contributed by atoms with van der Waals surface area (Å²) >= 11 is 5.53. The zero-order valence-corrected chi connectivity index (χ0v) is 11.5. The molecule has 0 aromatic rings. The molecule has 1 heterocycles. The summed E-state index contributed by atoms with van der Waals surface area (Å²) in [5.41, 5.74) is 0. The Hall–Kier alpha value is -0.770. The highest BCUT2D eigenvalue weighted by Crippen LogP contribution is 2.19. The third-order valence-corrected chi connectivity index (χ3v) is 3.46. The van der Waals surface area contributed by atoms with Gasteiger partial charge in [-0.05, 0) is 26.2 Å². The van der Waals surface area contributed by atoms with Crippen molar-refractivity contribution >= 4 is 23.4 Å². The van der Waals surface area contributed by atoms with Crippen LogP contribution in [0.2, 0.25) is 0 Å². The van der Waals surface area contributed by atoms with E-state index in [1.807, 2.05) is 18.7 Å². The molecule has 0 N–H and O–H groups in total. The highest BCUT2D eigenvalue weighted by molar-refractivity contribution is 6.27. The second-order valence-corrected chi connectivity index (χ2v) is 5.16. The van der Waals surface area contributed by atoms with Gasteiger partial charge in [-0.25, -0.2) is 0 Å². The molecule has 98 valence electrons. The van der Waals surface area contributed by atoms with Crippen molar-refractivity contribution in [2.75, 3.05) is 25.5 Å². The van der Waals surface area contributed by atoms with Crippen molar-refractivity contribution in [1.82, 2.24) is 9.80 Å². The molecule has 0 spiro atoms. The lowest BCUT2D eigenvalue weighted by Crippen LogP contribution is -2.40. The van der Waals surface area contributed by atoms with Crippen LogP contribution in [0.4, 0.5) is 0 Å². The number of hydrogen-bond donors (Lipinski definition) is 0. The molecule has 17 heavy (non-hydrogen) atoms. The number of amides is 2. The van der Waals surface area contributed by atoms with Crippen LogP contribution < -0.4 is 0 Å². The standard InChI is InChI=1S/C12H21ClN2O2/c1-9(2)15(10(3)16)8-11-4-5-14(7-11)12(17)6-13/h9,11H,4-8H2,1-3H3. The molecule has 1 fully saturated rings. The first-order valence-corrected chi connectivity index (χ1v) is 6.60. The van der Waals surface area contributed by atoms with E-state index in [1.165, 1.54) is 0 Å². The van der Waals surface area contributed by atoms with Crippen LogP contribution in [-0.4, -0.2) is 53.2 Å². The van der Waals surface area contributed by atoms with Gasteiger partial charge in [0.15, 0.2) is 0 Å². The predicted molar refractivity (Wildman–Crippen MR) is 67.9 cm³/mol. The van der Waals surface area contributed by atoms with E-state index in [0.29, 0.717) is 5.92 Å². The topological polar surface area (TPSA) is 40.6 Å². The van der Waals surface area contributed by atoms with Gasteiger partial charge >= 0.3 is 0 Å². The van der Waals surface area contributed by atoms with Crippen LogP contribution in [0.15, 0.2) is 0 Å². The maximum absolute atomic E-state index is 11.5. The fourth-order valence-corrected chi connectivity index (χ4v) is 2.44. The van der Waals surface area contributed by atoms with Crippen LogP contribution in [0, 0.1) is 5.92 Å². The molecule has 4 nitrogen and oxygen atoms in total. The second kappa shape index (κ2) is 6.24. The Bertz CT molecular complexity index is 294. The van der Waals surface area contributed by atoms with Crippen molar-refractivity contribution in [2.45, 2.75) is 33.2 Å². The Balaban J connectivity index is 2.49. The van der Waals surface area contributed by atoms with E-state index >= 15 is 0 Å². The summed E-state index contributed by atoms with van der Waals surface area (Å²) in [7, 11) is 0. The molecule has 0 aromatic heterocycles. The molecule has 1 aliphatic rings. The molecular formula is C12H21ClN2O2. The van der Waals surface area contributed by atoms with Gasteiger partial charge in [-0.1, -0.05) is 0 Å². The molecule has 5 heteroatoms. The number of likely N-dealkylation sites (tertiary alicyclic amines) is 1. The van der Waals surface area contributed by atoms with Gasteiger partial charge in [-0.2, -0.15) is 0 Å². The molecule has 1 atom stereocenters. The van der Waals surface area contributed by atoms with E-state index in [0.717, 1.165) is 26.1 Å². The zero-order chi connectivity index (χ0) is 13.0. The summed E-state index contributed by atoms with van der Waals surface area (Å²) in [5, 5.41) is 0. The minimum Gasteiger partial charge on any atom is -0.341 e. The van der Waals surface area contributed by atoms with Gasteiger partial charge in [0.25, 0.3) is 0 Å². The molecule has 2 amide bonds. The predicted octanol–water partition coefficient (Wildman–Crippen LogP) is 1.33. The molecule has 1 rings (SSSR count). The van der Waals surface area contributed by atoms with Crippen LogP contribution in [0.1, 0.15) is 27.2 Å². The van der Waals surface area contributed by atoms with E-state index in [-0.39, 0.29) is 23.7 Å². The molecule has 1 aliphatic heterocycles. The minimum atomic E-state index is -0.00640. The first-order valence-electron chi connectivity index (χ1n) is 6.06. The summed E-state index contributed by atoms with van der Waals surface area (Å²) in [6.45, 7) is 7.84. The summed E-state index contributed by atoms with van der Waals surface area (Å²) in [6.07, 6.45) is 0.957. The van der Waals surface area contributed by atoms with Crippen molar-refractivity contribution < 1.29 is 9.59 Å². The van der Waals surface area contributed by atoms with Crippen molar-refractivity contribution in [3.8, 4) is 0 Å². The van der Waals surface area contributed by atoms with Gasteiger partial charge in [0, 0.05) is 32.6 Å². The first kappa shape index (κ1) is 14.3. The van der Waals surface area contributed by atoms with Crippen molar-refractivity contribution in [1.29, 1.82) is 0 Å². The third kappa shape index (κ3) is 3.87. The molecule has 1 unspecified atom stereocenters. The van der Waals surface area contributed by atoms with E-state index in [9.17, 15) is 9.59 Å². The van der Waals surface area contributed by atoms with Crippen LogP contribution >= 0.6 is 11.6 Å². The Labute approximate surface area is 108 Å². The summed E-state index contributed by atoms with van der Waals surface area (Å²) in [6, 6.07) is 0.213. The number of halogens is 1. The van der Waals surface area contributed by atoms with Crippen LogP contribution in [0.25, 0.3) is 0 Å². The lowest BCUT2D eigenvalue weighted by molar-refractivity contribution is -0.131. The summed E-state index contributed by atoms with van der Waals surface area (Å²) in [4.78, 5) is 26.5. The van der Waals surface area contributed by atoms with Crippen molar-refractivity contribution in [3.63, 3.8) is 0 Å². The number of carbonyl (C=O) groups is 2. The van der Waals surface area contributed by atoms with Crippen molar-refractivity contribution in [3.05, 3.63) is 0 Å². The fourth-order valence-electron chi connectivity index (χ4n) is 2.27.